The van der Waals surface area contributed by atoms with E-state index in [9.17, 15) is 0 Å². The maximum atomic E-state index is 5.22. The molecule has 40 valence electrons. The lowest BCUT2D eigenvalue weighted by Gasteiger charge is -1.78. The molecule has 0 spiro atoms. The van der Waals surface area contributed by atoms with Crippen molar-refractivity contribution in [3.63, 3.8) is 0 Å². The summed E-state index contributed by atoms with van der Waals surface area (Å²) in [6.45, 7) is 3.53. The van der Waals surface area contributed by atoms with Gasteiger partial charge in [0.2, 0.25) is 0 Å². The Morgan fingerprint density at radius 3 is 3.14 bits per heavy atom. The molecule has 0 amide bonds. The number of rotatable bonds is 3. The topological polar surface area (TPSA) is 12.4 Å². The summed E-state index contributed by atoms with van der Waals surface area (Å²) in [5.74, 6) is 0. The van der Waals surface area contributed by atoms with Crippen molar-refractivity contribution in [2.75, 3.05) is 6.16 Å². The molecule has 0 radical (unpaired) electrons. The summed E-state index contributed by atoms with van der Waals surface area (Å²) in [4.78, 5) is 0. The largest absolute Gasteiger partial charge is 0.232 e. The Morgan fingerprint density at radius 1 is 2.00 bits per heavy atom. The fraction of sp³-hybridized carbons (Fsp3) is 0.333. The van der Waals surface area contributed by atoms with Crippen LogP contribution in [-0.2, 0) is 0 Å². The first kappa shape index (κ1) is 7.56. The molecule has 0 aliphatic carbocycles. The smallest absolute Gasteiger partial charge is 0.117 e. The molecule has 7 heavy (non-hydrogen) atoms. The lowest BCUT2D eigenvalue weighted by molar-refractivity contribution is 1.77. The molecule has 1 nitrogen and oxygen atoms in total. The summed E-state index contributed by atoms with van der Waals surface area (Å²) in [6, 6.07) is 0. The molecule has 0 aliphatic heterocycles. The van der Waals surface area contributed by atoms with Gasteiger partial charge in [-0.3, -0.25) is 0 Å². The molecule has 0 fully saturated rings. The molecule has 1 unspecified atom stereocenters. The van der Waals surface area contributed by atoms with Gasteiger partial charge in [-0.1, -0.05) is 6.08 Å². The van der Waals surface area contributed by atoms with Crippen LogP contribution < -0.4 is 0 Å². The van der Waals surface area contributed by atoms with E-state index in [1.807, 2.05) is 6.08 Å². The first-order chi connectivity index (χ1) is 3.41. The third-order valence-electron chi connectivity index (χ3n) is 0.344. The van der Waals surface area contributed by atoms with Crippen molar-refractivity contribution in [2.24, 2.45) is 4.52 Å². The number of allylic oxidation sites excluding steroid dienone is 1. The Bertz CT molecular complexity index is 73.3. The standard InChI is InChI=1S/C3H6ClNP2/c1-2-3-6-5-7-4/h2,6H,1,3H2. The van der Waals surface area contributed by atoms with Crippen LogP contribution in [0.5, 0.6) is 0 Å². The average molecular weight is 153 g/mol. The number of hydrogen-bond acceptors (Lipinski definition) is 1. The Hall–Kier alpha value is 0.560. The van der Waals surface area contributed by atoms with Crippen LogP contribution >= 0.6 is 27.7 Å². The summed E-state index contributed by atoms with van der Waals surface area (Å²) in [7, 11) is 1.21. The molecule has 4 heteroatoms. The summed E-state index contributed by atoms with van der Waals surface area (Å²) in [5.41, 5.74) is 0. The van der Waals surface area contributed by atoms with Crippen molar-refractivity contribution in [1.82, 2.24) is 0 Å². The minimum Gasteiger partial charge on any atom is -0.232 e. The quantitative estimate of drug-likeness (QED) is 0.336. The SMILES string of the molecule is C=CCPN=PCl. The van der Waals surface area contributed by atoms with E-state index in [1.54, 1.807) is 0 Å². The highest BCUT2D eigenvalue weighted by Crippen LogP contribution is 2.20. The number of hydrogen-bond donors (Lipinski definition) is 0. The molecule has 1 atom stereocenters. The van der Waals surface area contributed by atoms with Crippen LogP contribution in [0.2, 0.25) is 0 Å². The van der Waals surface area contributed by atoms with Crippen LogP contribution in [0.3, 0.4) is 0 Å². The highest BCUT2D eigenvalue weighted by molar-refractivity contribution is 7.64. The van der Waals surface area contributed by atoms with Gasteiger partial charge >= 0.3 is 0 Å². The molecule has 0 heterocycles. The monoisotopic (exact) mass is 153 g/mol. The van der Waals surface area contributed by atoms with Crippen LogP contribution in [-0.4, -0.2) is 6.16 Å². The van der Waals surface area contributed by atoms with Crippen molar-refractivity contribution < 1.29 is 0 Å². The van der Waals surface area contributed by atoms with Gasteiger partial charge in [0.1, 0.15) is 7.73 Å². The highest BCUT2D eigenvalue weighted by Gasteiger charge is 1.70. The Labute approximate surface area is 51.7 Å². The van der Waals surface area contributed by atoms with Gasteiger partial charge in [-0.25, -0.2) is 4.52 Å². The maximum Gasteiger partial charge on any atom is 0.117 e. The van der Waals surface area contributed by atoms with Crippen molar-refractivity contribution in [1.29, 1.82) is 0 Å². The van der Waals surface area contributed by atoms with Crippen LogP contribution in [0.1, 0.15) is 0 Å². The lowest BCUT2D eigenvalue weighted by Crippen LogP contribution is -1.52. The second-order valence-corrected chi connectivity index (χ2v) is 2.96. The van der Waals surface area contributed by atoms with Gasteiger partial charge in [0, 0.05) is 14.9 Å². The molecule has 0 N–H and O–H groups in total. The third-order valence-corrected chi connectivity index (χ3v) is 2.36. The normalized spacial score (nSPS) is 11.6. The molecule has 0 saturated carbocycles. The Balaban J connectivity index is 2.82. The Morgan fingerprint density at radius 2 is 2.71 bits per heavy atom. The summed E-state index contributed by atoms with van der Waals surface area (Å²) in [6.07, 6.45) is 2.80. The first-order valence-corrected chi connectivity index (χ1v) is 4.67. The maximum absolute atomic E-state index is 5.22. The number of halogens is 1. The summed E-state index contributed by atoms with van der Waals surface area (Å²) >= 11 is 5.22. The molecule has 0 aromatic heterocycles. The molecule has 0 bridgehead atoms. The van der Waals surface area contributed by atoms with Crippen LogP contribution in [0.4, 0.5) is 0 Å². The molecule has 0 aromatic rings. The lowest BCUT2D eigenvalue weighted by atomic mass is 10.8. The van der Waals surface area contributed by atoms with Crippen LogP contribution in [0.25, 0.3) is 0 Å². The highest BCUT2D eigenvalue weighted by atomic mass is 35.7. The van der Waals surface area contributed by atoms with Crippen LogP contribution in [0.15, 0.2) is 17.2 Å². The minimum atomic E-state index is 0.595. The van der Waals surface area contributed by atoms with Gasteiger partial charge in [0.05, 0.1) is 0 Å². The first-order valence-electron chi connectivity index (χ1n) is 1.76. The molecular weight excluding hydrogens is 147 g/mol. The summed E-state index contributed by atoms with van der Waals surface area (Å²) < 4.78 is 3.86. The van der Waals surface area contributed by atoms with Crippen LogP contribution in [0, 0.1) is 0 Å². The van der Waals surface area contributed by atoms with E-state index in [-0.39, 0.29) is 0 Å². The summed E-state index contributed by atoms with van der Waals surface area (Å²) in [5, 5.41) is 0. The minimum absolute atomic E-state index is 0.595. The predicted octanol–water partition coefficient (Wildman–Crippen LogP) is 3.05. The molecule has 0 rings (SSSR count). The second kappa shape index (κ2) is 6.56. The van der Waals surface area contributed by atoms with E-state index in [1.165, 1.54) is 0 Å². The van der Waals surface area contributed by atoms with Crippen molar-refractivity contribution in [3.05, 3.63) is 12.7 Å². The Kier molecular flexibility index (Phi) is 7.08. The van der Waals surface area contributed by atoms with Gasteiger partial charge in [0.15, 0.2) is 0 Å². The van der Waals surface area contributed by atoms with Gasteiger partial charge in [0.25, 0.3) is 0 Å². The predicted molar refractivity (Wildman–Crippen MR) is 38.6 cm³/mol. The average Bonchev–Trinajstić information content (AvgIpc) is 1.69. The van der Waals surface area contributed by atoms with Gasteiger partial charge < -0.3 is 0 Å². The van der Waals surface area contributed by atoms with E-state index >= 15 is 0 Å². The fourth-order valence-electron chi connectivity index (χ4n) is 0.132. The van der Waals surface area contributed by atoms with Crippen molar-refractivity contribution in [3.8, 4) is 0 Å². The zero-order valence-electron chi connectivity index (χ0n) is 3.76. The van der Waals surface area contributed by atoms with Gasteiger partial charge in [-0.05, 0) is 11.2 Å². The van der Waals surface area contributed by atoms with Gasteiger partial charge in [-0.15, -0.1) is 6.58 Å². The third kappa shape index (κ3) is 6.56. The van der Waals surface area contributed by atoms with E-state index in [2.05, 4.69) is 11.1 Å². The fourth-order valence-corrected chi connectivity index (χ4v) is 1.28. The van der Waals surface area contributed by atoms with E-state index in [4.69, 9.17) is 11.2 Å². The molecule has 0 saturated heterocycles. The molecular formula is C3H6ClNP2. The molecule has 0 aromatic carbocycles. The van der Waals surface area contributed by atoms with Crippen molar-refractivity contribution in [2.45, 2.75) is 0 Å². The van der Waals surface area contributed by atoms with E-state index in [0.717, 1.165) is 6.16 Å². The number of nitrogens with zero attached hydrogens (tertiary/aromatic N) is 1. The van der Waals surface area contributed by atoms with E-state index in [0.29, 0.717) is 16.5 Å². The van der Waals surface area contributed by atoms with E-state index < -0.39 is 0 Å². The zero-order valence-corrected chi connectivity index (χ0v) is 6.41. The molecule has 0 aliphatic rings. The zero-order chi connectivity index (χ0) is 5.54. The second-order valence-electron chi connectivity index (χ2n) is 0.827. The van der Waals surface area contributed by atoms with Crippen molar-refractivity contribution >= 4 is 27.7 Å². The van der Waals surface area contributed by atoms with Gasteiger partial charge in [-0.2, -0.15) is 0 Å².